The van der Waals surface area contributed by atoms with Crippen LogP contribution in [0.1, 0.15) is 31.9 Å². The maximum absolute atomic E-state index is 13.5. The molecular weight excluding hydrogens is 228 g/mol. The lowest BCUT2D eigenvalue weighted by atomic mass is 9.78. The first-order valence-corrected chi connectivity index (χ1v) is 5.16. The van der Waals surface area contributed by atoms with Gasteiger partial charge in [-0.2, -0.15) is 0 Å². The zero-order chi connectivity index (χ0) is 13.2. The van der Waals surface area contributed by atoms with Crippen molar-refractivity contribution >= 4 is 5.97 Å². The third kappa shape index (κ3) is 3.23. The van der Waals surface area contributed by atoms with Gasteiger partial charge >= 0.3 is 5.97 Å². The molecule has 17 heavy (non-hydrogen) atoms. The minimum atomic E-state index is -1.01. The Hall–Kier alpha value is -1.49. The molecule has 0 aliphatic carbocycles. The van der Waals surface area contributed by atoms with Crippen molar-refractivity contribution in [1.29, 1.82) is 0 Å². The quantitative estimate of drug-likeness (QED) is 0.853. The van der Waals surface area contributed by atoms with E-state index in [2.05, 4.69) is 0 Å². The van der Waals surface area contributed by atoms with E-state index in [1.807, 2.05) is 0 Å². The molecule has 0 saturated carbocycles. The second-order valence-electron chi connectivity index (χ2n) is 4.70. The second kappa shape index (κ2) is 4.79. The molecule has 0 radical (unpaired) electrons. The molecule has 1 aromatic carbocycles. The van der Waals surface area contributed by atoms with Crippen molar-refractivity contribution in [2.24, 2.45) is 11.1 Å². The number of rotatable bonds is 4. The summed E-state index contributed by atoms with van der Waals surface area (Å²) in [6, 6.07) is 2.29. The van der Waals surface area contributed by atoms with E-state index in [4.69, 9.17) is 10.8 Å². The van der Waals surface area contributed by atoms with Crippen LogP contribution in [0.5, 0.6) is 0 Å². The Morgan fingerprint density at radius 3 is 2.53 bits per heavy atom. The number of carboxylic acid groups (broad SMARTS) is 1. The second-order valence-corrected chi connectivity index (χ2v) is 4.70. The van der Waals surface area contributed by atoms with Gasteiger partial charge in [0.05, 0.1) is 6.42 Å². The van der Waals surface area contributed by atoms with E-state index in [1.165, 1.54) is 6.07 Å². The summed E-state index contributed by atoms with van der Waals surface area (Å²) in [5.41, 5.74) is 5.15. The van der Waals surface area contributed by atoms with Crippen molar-refractivity contribution in [3.05, 3.63) is 35.4 Å². The lowest BCUT2D eigenvalue weighted by Gasteiger charge is -2.30. The van der Waals surface area contributed by atoms with Gasteiger partial charge in [-0.15, -0.1) is 0 Å². The van der Waals surface area contributed by atoms with E-state index in [-0.39, 0.29) is 12.0 Å². The normalized spacial score (nSPS) is 13.5. The number of nitrogens with two attached hydrogens (primary N) is 1. The Bertz CT molecular complexity index is 433. The highest BCUT2D eigenvalue weighted by atomic mass is 19.1. The number of hydrogen-bond donors (Lipinski definition) is 2. The minimum absolute atomic E-state index is 0.123. The maximum atomic E-state index is 13.5. The number of halogens is 2. The first kappa shape index (κ1) is 13.6. The summed E-state index contributed by atoms with van der Waals surface area (Å²) in [5.74, 6) is -2.45. The van der Waals surface area contributed by atoms with E-state index < -0.39 is 29.1 Å². The van der Waals surface area contributed by atoms with Gasteiger partial charge in [-0.1, -0.05) is 19.9 Å². The molecule has 1 aromatic rings. The van der Waals surface area contributed by atoms with Crippen molar-refractivity contribution in [2.45, 2.75) is 26.3 Å². The standard InChI is InChI=1S/C12H15F2NO2/c1-12(2,6-10(16)17)11(15)8-4-3-7(13)5-9(8)14/h3-5,11H,6,15H2,1-2H3,(H,16,17). The molecule has 0 saturated heterocycles. The average Bonchev–Trinajstić information content (AvgIpc) is 2.14. The molecule has 94 valence electrons. The summed E-state index contributed by atoms with van der Waals surface area (Å²) < 4.78 is 26.2. The van der Waals surface area contributed by atoms with E-state index >= 15 is 0 Å². The summed E-state index contributed by atoms with van der Waals surface area (Å²) >= 11 is 0. The predicted octanol–water partition coefficient (Wildman–Crippen LogP) is 2.47. The van der Waals surface area contributed by atoms with Gasteiger partial charge in [-0.25, -0.2) is 8.78 Å². The van der Waals surface area contributed by atoms with Crippen LogP contribution >= 0.6 is 0 Å². The highest BCUT2D eigenvalue weighted by molar-refractivity contribution is 5.67. The molecule has 0 aliphatic rings. The van der Waals surface area contributed by atoms with Crippen LogP contribution in [0.2, 0.25) is 0 Å². The summed E-state index contributed by atoms with van der Waals surface area (Å²) in [7, 11) is 0. The first-order chi connectivity index (χ1) is 7.74. The Morgan fingerprint density at radius 2 is 2.06 bits per heavy atom. The van der Waals surface area contributed by atoms with Crippen LogP contribution in [-0.4, -0.2) is 11.1 Å². The van der Waals surface area contributed by atoms with Gasteiger partial charge in [0.1, 0.15) is 11.6 Å². The van der Waals surface area contributed by atoms with Crippen LogP contribution in [0.25, 0.3) is 0 Å². The zero-order valence-electron chi connectivity index (χ0n) is 9.71. The fourth-order valence-electron chi connectivity index (χ4n) is 1.67. The fraction of sp³-hybridized carbons (Fsp3) is 0.417. The largest absolute Gasteiger partial charge is 0.481 e. The molecular formula is C12H15F2NO2. The Balaban J connectivity index is 3.03. The summed E-state index contributed by atoms with van der Waals surface area (Å²) in [4.78, 5) is 10.7. The Morgan fingerprint density at radius 1 is 1.47 bits per heavy atom. The molecule has 0 aromatic heterocycles. The molecule has 1 rings (SSSR count). The Labute approximate surface area is 98.2 Å². The third-order valence-electron chi connectivity index (χ3n) is 2.75. The first-order valence-electron chi connectivity index (χ1n) is 5.16. The van der Waals surface area contributed by atoms with Crippen molar-refractivity contribution < 1.29 is 18.7 Å². The van der Waals surface area contributed by atoms with Crippen LogP contribution in [0.4, 0.5) is 8.78 Å². The SMILES string of the molecule is CC(C)(CC(=O)O)C(N)c1ccc(F)cc1F. The molecule has 0 heterocycles. The molecule has 0 amide bonds. The lowest BCUT2D eigenvalue weighted by Crippen LogP contribution is -2.32. The van der Waals surface area contributed by atoms with Crippen molar-refractivity contribution in [1.82, 2.24) is 0 Å². The van der Waals surface area contributed by atoms with E-state index in [9.17, 15) is 13.6 Å². The summed E-state index contributed by atoms with van der Waals surface area (Å²) in [5, 5.41) is 8.75. The highest BCUT2D eigenvalue weighted by Gasteiger charge is 2.32. The average molecular weight is 243 g/mol. The number of benzene rings is 1. The molecule has 3 nitrogen and oxygen atoms in total. The van der Waals surface area contributed by atoms with Crippen LogP contribution < -0.4 is 5.73 Å². The molecule has 0 spiro atoms. The van der Waals surface area contributed by atoms with Crippen LogP contribution in [-0.2, 0) is 4.79 Å². The molecule has 1 unspecified atom stereocenters. The molecule has 1 atom stereocenters. The molecule has 0 bridgehead atoms. The van der Waals surface area contributed by atoms with Crippen LogP contribution in [0, 0.1) is 17.0 Å². The number of carboxylic acids is 1. The summed E-state index contributed by atoms with van der Waals surface area (Å²) in [6.07, 6.45) is -0.190. The number of aliphatic carboxylic acids is 1. The van der Waals surface area contributed by atoms with Gasteiger partial charge in [-0.3, -0.25) is 4.79 Å². The zero-order valence-corrected chi connectivity index (χ0v) is 9.71. The van der Waals surface area contributed by atoms with Crippen molar-refractivity contribution in [3.63, 3.8) is 0 Å². The van der Waals surface area contributed by atoms with Gasteiger partial charge < -0.3 is 10.8 Å². The van der Waals surface area contributed by atoms with Crippen LogP contribution in [0.15, 0.2) is 18.2 Å². The van der Waals surface area contributed by atoms with Gasteiger partial charge in [0, 0.05) is 17.7 Å². The topological polar surface area (TPSA) is 63.3 Å². The Kier molecular flexibility index (Phi) is 3.83. The van der Waals surface area contributed by atoms with Gasteiger partial charge in [-0.05, 0) is 11.5 Å². The smallest absolute Gasteiger partial charge is 0.303 e. The maximum Gasteiger partial charge on any atom is 0.303 e. The molecule has 0 fully saturated rings. The van der Waals surface area contributed by atoms with Crippen molar-refractivity contribution in [2.75, 3.05) is 0 Å². The third-order valence-corrected chi connectivity index (χ3v) is 2.75. The fourth-order valence-corrected chi connectivity index (χ4v) is 1.67. The molecule has 3 N–H and O–H groups in total. The van der Waals surface area contributed by atoms with Gasteiger partial charge in [0.2, 0.25) is 0 Å². The van der Waals surface area contributed by atoms with Crippen LogP contribution in [0.3, 0.4) is 0 Å². The number of carbonyl (C=O) groups is 1. The molecule has 0 aliphatic heterocycles. The van der Waals surface area contributed by atoms with Gasteiger partial charge in [0.25, 0.3) is 0 Å². The predicted molar refractivity (Wildman–Crippen MR) is 59.3 cm³/mol. The van der Waals surface area contributed by atoms with Crippen molar-refractivity contribution in [3.8, 4) is 0 Å². The molecule has 5 heteroatoms. The summed E-state index contributed by atoms with van der Waals surface area (Å²) in [6.45, 7) is 3.27. The number of hydrogen-bond acceptors (Lipinski definition) is 2. The minimum Gasteiger partial charge on any atom is -0.481 e. The van der Waals surface area contributed by atoms with E-state index in [1.54, 1.807) is 13.8 Å². The van der Waals surface area contributed by atoms with E-state index in [0.717, 1.165) is 12.1 Å². The van der Waals surface area contributed by atoms with E-state index in [0.29, 0.717) is 0 Å². The monoisotopic (exact) mass is 243 g/mol. The van der Waals surface area contributed by atoms with Gasteiger partial charge in [0.15, 0.2) is 0 Å². The highest BCUT2D eigenvalue weighted by Crippen LogP contribution is 2.35. The lowest BCUT2D eigenvalue weighted by molar-refractivity contribution is -0.139.